The van der Waals surface area contributed by atoms with Gasteiger partial charge >= 0.3 is 0 Å². The van der Waals surface area contributed by atoms with E-state index in [1.807, 2.05) is 49.5 Å². The molecule has 18 heavy (non-hydrogen) atoms. The van der Waals surface area contributed by atoms with Crippen molar-refractivity contribution >= 4 is 23.2 Å². The topological polar surface area (TPSA) is 12.0 Å². The van der Waals surface area contributed by atoms with Crippen molar-refractivity contribution in [3.8, 4) is 0 Å². The van der Waals surface area contributed by atoms with Crippen LogP contribution in [0.1, 0.15) is 17.2 Å². The van der Waals surface area contributed by atoms with E-state index in [-0.39, 0.29) is 6.04 Å². The van der Waals surface area contributed by atoms with Gasteiger partial charge in [-0.1, -0.05) is 53.5 Å². The second-order valence-corrected chi connectivity index (χ2v) is 5.04. The zero-order valence-electron chi connectivity index (χ0n) is 10.2. The summed E-state index contributed by atoms with van der Waals surface area (Å²) >= 11 is 12.2. The fourth-order valence-corrected chi connectivity index (χ4v) is 2.51. The summed E-state index contributed by atoms with van der Waals surface area (Å²) in [6.45, 7) is 0. The van der Waals surface area contributed by atoms with Crippen molar-refractivity contribution in [3.63, 3.8) is 0 Å². The van der Waals surface area contributed by atoms with Crippen LogP contribution < -0.4 is 5.32 Å². The molecular weight excluding hydrogens is 265 g/mol. The molecule has 0 saturated heterocycles. The Morgan fingerprint density at radius 1 is 1.06 bits per heavy atom. The van der Waals surface area contributed by atoms with Crippen LogP contribution in [0.25, 0.3) is 0 Å². The fraction of sp³-hybridized carbons (Fsp3) is 0.200. The molecule has 94 valence electrons. The maximum absolute atomic E-state index is 6.23. The van der Waals surface area contributed by atoms with Gasteiger partial charge in [-0.15, -0.1) is 0 Å². The Morgan fingerprint density at radius 3 is 2.50 bits per heavy atom. The van der Waals surface area contributed by atoms with E-state index in [0.29, 0.717) is 0 Å². The van der Waals surface area contributed by atoms with Crippen LogP contribution in [0.4, 0.5) is 0 Å². The van der Waals surface area contributed by atoms with Gasteiger partial charge < -0.3 is 5.32 Å². The van der Waals surface area contributed by atoms with Crippen LogP contribution in [-0.2, 0) is 6.42 Å². The number of halogens is 2. The SMILES string of the molecule is CNC(Cc1cccc(Cl)c1)c1ccccc1Cl. The molecule has 2 rings (SSSR count). The van der Waals surface area contributed by atoms with Gasteiger partial charge in [0.25, 0.3) is 0 Å². The van der Waals surface area contributed by atoms with E-state index in [1.54, 1.807) is 0 Å². The van der Waals surface area contributed by atoms with Crippen LogP contribution in [0, 0.1) is 0 Å². The van der Waals surface area contributed by atoms with Gasteiger partial charge in [-0.05, 0) is 42.8 Å². The molecule has 1 N–H and O–H groups in total. The minimum absolute atomic E-state index is 0.192. The summed E-state index contributed by atoms with van der Waals surface area (Å²) in [5.74, 6) is 0. The smallest absolute Gasteiger partial charge is 0.0453 e. The highest BCUT2D eigenvalue weighted by Gasteiger charge is 2.13. The first-order valence-electron chi connectivity index (χ1n) is 5.87. The molecule has 1 nitrogen and oxygen atoms in total. The van der Waals surface area contributed by atoms with Crippen molar-refractivity contribution in [1.82, 2.24) is 5.32 Å². The Balaban J connectivity index is 2.23. The lowest BCUT2D eigenvalue weighted by Gasteiger charge is -2.18. The molecule has 0 aromatic heterocycles. The van der Waals surface area contributed by atoms with Gasteiger partial charge in [-0.2, -0.15) is 0 Å². The average Bonchev–Trinajstić information content (AvgIpc) is 2.37. The Bertz CT molecular complexity index is 525. The molecule has 0 saturated carbocycles. The summed E-state index contributed by atoms with van der Waals surface area (Å²) in [4.78, 5) is 0. The molecule has 1 atom stereocenters. The van der Waals surface area contributed by atoms with Crippen LogP contribution in [0.15, 0.2) is 48.5 Å². The number of likely N-dealkylation sites (N-methyl/N-ethyl adjacent to an activating group) is 1. The molecule has 0 amide bonds. The van der Waals surface area contributed by atoms with E-state index in [4.69, 9.17) is 23.2 Å². The summed E-state index contributed by atoms with van der Waals surface area (Å²) in [6.07, 6.45) is 0.862. The van der Waals surface area contributed by atoms with Gasteiger partial charge in [0.2, 0.25) is 0 Å². The minimum Gasteiger partial charge on any atom is -0.313 e. The summed E-state index contributed by atoms with van der Waals surface area (Å²) in [5, 5.41) is 4.86. The first-order valence-corrected chi connectivity index (χ1v) is 6.62. The number of hydrogen-bond donors (Lipinski definition) is 1. The van der Waals surface area contributed by atoms with E-state index in [9.17, 15) is 0 Å². The quantitative estimate of drug-likeness (QED) is 0.869. The molecule has 0 heterocycles. The molecule has 0 radical (unpaired) electrons. The molecule has 0 fully saturated rings. The Hall–Kier alpha value is -1.02. The van der Waals surface area contributed by atoms with E-state index in [2.05, 4.69) is 11.4 Å². The highest BCUT2D eigenvalue weighted by Crippen LogP contribution is 2.26. The molecule has 1 unspecified atom stereocenters. The van der Waals surface area contributed by atoms with Gasteiger partial charge in [0.15, 0.2) is 0 Å². The lowest BCUT2D eigenvalue weighted by Crippen LogP contribution is -2.19. The molecule has 0 aliphatic heterocycles. The van der Waals surface area contributed by atoms with Gasteiger partial charge in [0.05, 0.1) is 0 Å². The monoisotopic (exact) mass is 279 g/mol. The van der Waals surface area contributed by atoms with E-state index in [0.717, 1.165) is 22.0 Å². The molecule has 0 spiro atoms. The van der Waals surface area contributed by atoms with Crippen molar-refractivity contribution in [2.24, 2.45) is 0 Å². The zero-order chi connectivity index (χ0) is 13.0. The van der Waals surface area contributed by atoms with Crippen molar-refractivity contribution in [2.45, 2.75) is 12.5 Å². The van der Waals surface area contributed by atoms with Crippen molar-refractivity contribution in [2.75, 3.05) is 7.05 Å². The minimum atomic E-state index is 0.192. The Morgan fingerprint density at radius 2 is 1.83 bits per heavy atom. The van der Waals surface area contributed by atoms with Gasteiger partial charge in [-0.25, -0.2) is 0 Å². The van der Waals surface area contributed by atoms with Crippen molar-refractivity contribution in [1.29, 1.82) is 0 Å². The van der Waals surface area contributed by atoms with Crippen LogP contribution in [0.2, 0.25) is 10.0 Å². The molecule has 0 aliphatic rings. The highest BCUT2D eigenvalue weighted by atomic mass is 35.5. The Kier molecular flexibility index (Phi) is 4.65. The summed E-state index contributed by atoms with van der Waals surface area (Å²) in [7, 11) is 1.94. The second kappa shape index (κ2) is 6.24. The number of rotatable bonds is 4. The zero-order valence-corrected chi connectivity index (χ0v) is 11.7. The Labute approximate surface area is 118 Å². The van der Waals surface area contributed by atoms with Crippen LogP contribution >= 0.6 is 23.2 Å². The summed E-state index contributed by atoms with van der Waals surface area (Å²) in [6, 6.07) is 16.0. The highest BCUT2D eigenvalue weighted by molar-refractivity contribution is 6.31. The summed E-state index contributed by atoms with van der Waals surface area (Å²) in [5.41, 5.74) is 2.31. The average molecular weight is 280 g/mol. The molecule has 3 heteroatoms. The maximum Gasteiger partial charge on any atom is 0.0453 e. The standard InChI is InChI=1S/C15H15Cl2N/c1-18-15(13-7-2-3-8-14(13)17)10-11-5-4-6-12(16)9-11/h2-9,15,18H,10H2,1H3. The molecule has 0 aliphatic carbocycles. The van der Waals surface area contributed by atoms with Crippen LogP contribution in [0.3, 0.4) is 0 Å². The third-order valence-corrected chi connectivity index (χ3v) is 3.54. The number of hydrogen-bond acceptors (Lipinski definition) is 1. The third-order valence-electron chi connectivity index (χ3n) is 2.96. The predicted octanol–water partition coefficient (Wildman–Crippen LogP) is 4.50. The molecular formula is C15H15Cl2N. The van der Waals surface area contributed by atoms with Crippen molar-refractivity contribution < 1.29 is 0 Å². The van der Waals surface area contributed by atoms with Crippen molar-refractivity contribution in [3.05, 3.63) is 69.7 Å². The van der Waals surface area contributed by atoms with Crippen LogP contribution in [-0.4, -0.2) is 7.05 Å². The van der Waals surface area contributed by atoms with E-state index < -0.39 is 0 Å². The fourth-order valence-electron chi connectivity index (χ4n) is 2.02. The predicted molar refractivity (Wildman–Crippen MR) is 78.4 cm³/mol. The molecule has 2 aromatic rings. The lowest BCUT2D eigenvalue weighted by atomic mass is 9.99. The van der Waals surface area contributed by atoms with E-state index >= 15 is 0 Å². The van der Waals surface area contributed by atoms with Gasteiger partial charge in [-0.3, -0.25) is 0 Å². The third kappa shape index (κ3) is 3.26. The first-order chi connectivity index (χ1) is 8.70. The first kappa shape index (κ1) is 13.4. The molecule has 2 aromatic carbocycles. The lowest BCUT2D eigenvalue weighted by molar-refractivity contribution is 0.592. The molecule has 0 bridgehead atoms. The maximum atomic E-state index is 6.23. The van der Waals surface area contributed by atoms with Gasteiger partial charge in [0, 0.05) is 16.1 Å². The number of nitrogens with one attached hydrogen (secondary N) is 1. The van der Waals surface area contributed by atoms with E-state index in [1.165, 1.54) is 5.56 Å². The van der Waals surface area contributed by atoms with Gasteiger partial charge in [0.1, 0.15) is 0 Å². The number of benzene rings is 2. The normalized spacial score (nSPS) is 12.4. The second-order valence-electron chi connectivity index (χ2n) is 4.20. The largest absolute Gasteiger partial charge is 0.313 e. The van der Waals surface area contributed by atoms with Crippen LogP contribution in [0.5, 0.6) is 0 Å². The summed E-state index contributed by atoms with van der Waals surface area (Å²) < 4.78 is 0.